The zero-order valence-electron chi connectivity index (χ0n) is 25.5. The third-order valence-corrected chi connectivity index (χ3v) is 8.84. The monoisotopic (exact) mass is 600 g/mol. The van der Waals surface area contributed by atoms with Crippen molar-refractivity contribution in [2.75, 3.05) is 0 Å². The highest BCUT2D eigenvalue weighted by Gasteiger charge is 2.16. The number of hydrogen-bond donors (Lipinski definition) is 0. The lowest BCUT2D eigenvalue weighted by molar-refractivity contribution is 1.07. The maximum atomic E-state index is 5.09. The van der Waals surface area contributed by atoms with Gasteiger partial charge in [-0.2, -0.15) is 0 Å². The van der Waals surface area contributed by atoms with Crippen molar-refractivity contribution in [3.05, 3.63) is 170 Å². The van der Waals surface area contributed by atoms with Gasteiger partial charge in [0.15, 0.2) is 17.5 Å². The van der Waals surface area contributed by atoms with Gasteiger partial charge in [-0.25, -0.2) is 15.0 Å². The van der Waals surface area contributed by atoms with E-state index in [1.165, 1.54) is 21.7 Å². The van der Waals surface area contributed by atoms with Gasteiger partial charge >= 0.3 is 0 Å². The second-order valence-corrected chi connectivity index (χ2v) is 11.7. The minimum atomic E-state index is 0.632. The minimum absolute atomic E-state index is 0.632. The molecule has 220 valence electrons. The summed E-state index contributed by atoms with van der Waals surface area (Å²) in [6, 6.07) is 59.2. The molecule has 2 heterocycles. The first kappa shape index (κ1) is 27.0. The number of hydrogen-bond acceptors (Lipinski definition) is 3. The summed E-state index contributed by atoms with van der Waals surface area (Å²) < 4.78 is 2.32. The molecule has 0 saturated heterocycles. The fourth-order valence-corrected chi connectivity index (χ4v) is 6.52. The van der Waals surface area contributed by atoms with E-state index in [1.54, 1.807) is 0 Å². The van der Waals surface area contributed by atoms with E-state index in [1.807, 2.05) is 6.07 Å². The Hall–Kier alpha value is -6.39. The van der Waals surface area contributed by atoms with Crippen molar-refractivity contribution in [1.29, 1.82) is 0 Å². The molecular formula is C43H28N4. The number of fused-ring (bicyclic) bond motifs is 4. The molecule has 0 spiro atoms. The fourth-order valence-electron chi connectivity index (χ4n) is 6.52. The molecule has 0 saturated carbocycles. The summed E-state index contributed by atoms with van der Waals surface area (Å²) in [7, 11) is 0. The Kier molecular flexibility index (Phi) is 6.43. The Morgan fingerprint density at radius 2 is 0.809 bits per heavy atom. The molecule has 0 bridgehead atoms. The lowest BCUT2D eigenvalue weighted by Gasteiger charge is -2.12. The SMILES string of the molecule is c1ccc(-c2ccc(-c3nc(-c4cccc(-n5c6ccccc6c6ccccc65)c4)nc(-c4ccc5ccccc5c4)n3)cc2)cc1. The standard InChI is InChI=1S/C43H28N4/c1-2-11-29(12-3-1)31-21-24-32(25-22-31)41-44-42(46-43(45-41)35-26-23-30-13-4-5-14-33(30)27-35)34-15-10-16-36(28-34)47-39-19-8-6-17-37(39)38-18-7-9-20-40(38)47/h1-28H. The van der Waals surface area contributed by atoms with Crippen molar-refractivity contribution in [2.24, 2.45) is 0 Å². The fraction of sp³-hybridized carbons (Fsp3) is 0. The van der Waals surface area contributed by atoms with E-state index in [-0.39, 0.29) is 0 Å². The molecule has 0 amide bonds. The zero-order chi connectivity index (χ0) is 31.2. The number of aromatic nitrogens is 4. The Labute approximate surface area is 272 Å². The molecule has 0 aliphatic carbocycles. The van der Waals surface area contributed by atoms with Crippen LogP contribution in [0.4, 0.5) is 0 Å². The molecule has 47 heavy (non-hydrogen) atoms. The highest BCUT2D eigenvalue weighted by atomic mass is 15.0. The van der Waals surface area contributed by atoms with E-state index >= 15 is 0 Å². The summed E-state index contributed by atoms with van der Waals surface area (Å²) in [4.78, 5) is 15.2. The summed E-state index contributed by atoms with van der Waals surface area (Å²) in [5.74, 6) is 1.91. The molecule has 9 aromatic rings. The van der Waals surface area contributed by atoms with Gasteiger partial charge in [-0.05, 0) is 52.2 Å². The average molecular weight is 601 g/mol. The van der Waals surface area contributed by atoms with Crippen LogP contribution < -0.4 is 0 Å². The van der Waals surface area contributed by atoms with E-state index in [4.69, 9.17) is 15.0 Å². The van der Waals surface area contributed by atoms with Crippen LogP contribution in [0.25, 0.3) is 83.6 Å². The molecule has 7 aromatic carbocycles. The normalized spacial score (nSPS) is 11.4. The van der Waals surface area contributed by atoms with Gasteiger partial charge in [-0.1, -0.05) is 140 Å². The number of benzene rings is 7. The quantitative estimate of drug-likeness (QED) is 0.197. The van der Waals surface area contributed by atoms with Gasteiger partial charge in [0, 0.05) is 33.2 Å². The molecule has 4 nitrogen and oxygen atoms in total. The van der Waals surface area contributed by atoms with Crippen molar-refractivity contribution in [3.8, 4) is 51.0 Å². The lowest BCUT2D eigenvalue weighted by Crippen LogP contribution is -2.01. The van der Waals surface area contributed by atoms with Crippen LogP contribution in [0.1, 0.15) is 0 Å². The van der Waals surface area contributed by atoms with E-state index in [0.717, 1.165) is 44.4 Å². The molecular weight excluding hydrogens is 573 g/mol. The largest absolute Gasteiger partial charge is 0.309 e. The second-order valence-electron chi connectivity index (χ2n) is 11.7. The maximum absolute atomic E-state index is 5.09. The molecule has 0 N–H and O–H groups in total. The van der Waals surface area contributed by atoms with Gasteiger partial charge in [0.2, 0.25) is 0 Å². The van der Waals surface area contributed by atoms with Crippen molar-refractivity contribution in [3.63, 3.8) is 0 Å². The smallest absolute Gasteiger partial charge is 0.164 e. The predicted molar refractivity (Wildman–Crippen MR) is 193 cm³/mol. The number of rotatable bonds is 5. The summed E-state index contributed by atoms with van der Waals surface area (Å²) in [6.45, 7) is 0. The van der Waals surface area contributed by atoms with Crippen LogP contribution in [0, 0.1) is 0 Å². The van der Waals surface area contributed by atoms with Crippen LogP contribution in [0.5, 0.6) is 0 Å². The molecule has 2 aromatic heterocycles. The molecule has 9 rings (SSSR count). The highest BCUT2D eigenvalue weighted by molar-refractivity contribution is 6.09. The molecule has 4 heteroatoms. The van der Waals surface area contributed by atoms with Gasteiger partial charge in [-0.15, -0.1) is 0 Å². The average Bonchev–Trinajstić information content (AvgIpc) is 3.49. The molecule has 0 unspecified atom stereocenters. The summed E-state index contributed by atoms with van der Waals surface area (Å²) >= 11 is 0. The highest BCUT2D eigenvalue weighted by Crippen LogP contribution is 2.34. The van der Waals surface area contributed by atoms with Gasteiger partial charge in [0.25, 0.3) is 0 Å². The van der Waals surface area contributed by atoms with E-state index < -0.39 is 0 Å². The van der Waals surface area contributed by atoms with Gasteiger partial charge in [0.05, 0.1) is 11.0 Å². The first-order valence-electron chi connectivity index (χ1n) is 15.8. The van der Waals surface area contributed by atoms with Crippen molar-refractivity contribution >= 4 is 32.6 Å². The molecule has 0 radical (unpaired) electrons. The van der Waals surface area contributed by atoms with Crippen molar-refractivity contribution < 1.29 is 0 Å². The predicted octanol–water partition coefficient (Wildman–Crippen LogP) is 10.8. The third kappa shape index (κ3) is 4.84. The van der Waals surface area contributed by atoms with Crippen LogP contribution in [0.2, 0.25) is 0 Å². The first-order valence-corrected chi connectivity index (χ1v) is 15.8. The minimum Gasteiger partial charge on any atom is -0.309 e. The summed E-state index contributed by atoms with van der Waals surface area (Å²) in [5.41, 5.74) is 8.53. The zero-order valence-corrected chi connectivity index (χ0v) is 25.5. The summed E-state index contributed by atoms with van der Waals surface area (Å²) in [5, 5.41) is 4.79. The van der Waals surface area contributed by atoms with Crippen LogP contribution in [0.3, 0.4) is 0 Å². The van der Waals surface area contributed by atoms with E-state index in [0.29, 0.717) is 17.5 Å². The van der Waals surface area contributed by atoms with E-state index in [2.05, 4.69) is 168 Å². The molecule has 0 aliphatic rings. The number of para-hydroxylation sites is 2. The first-order chi connectivity index (χ1) is 23.3. The Bertz CT molecular complexity index is 2510. The van der Waals surface area contributed by atoms with Crippen LogP contribution in [0.15, 0.2) is 170 Å². The van der Waals surface area contributed by atoms with Crippen LogP contribution in [-0.2, 0) is 0 Å². The Morgan fingerprint density at radius 3 is 1.51 bits per heavy atom. The van der Waals surface area contributed by atoms with Crippen molar-refractivity contribution in [1.82, 2.24) is 19.5 Å². The lowest BCUT2D eigenvalue weighted by atomic mass is 10.0. The maximum Gasteiger partial charge on any atom is 0.164 e. The van der Waals surface area contributed by atoms with E-state index in [9.17, 15) is 0 Å². The van der Waals surface area contributed by atoms with Crippen LogP contribution >= 0.6 is 0 Å². The molecule has 0 atom stereocenters. The van der Waals surface area contributed by atoms with Gasteiger partial charge in [0.1, 0.15) is 0 Å². The van der Waals surface area contributed by atoms with Gasteiger partial charge < -0.3 is 4.57 Å². The van der Waals surface area contributed by atoms with Gasteiger partial charge in [-0.3, -0.25) is 0 Å². The van der Waals surface area contributed by atoms with Crippen LogP contribution in [-0.4, -0.2) is 19.5 Å². The topological polar surface area (TPSA) is 43.6 Å². The Morgan fingerprint density at radius 1 is 0.319 bits per heavy atom. The number of nitrogens with zero attached hydrogens (tertiary/aromatic N) is 4. The summed E-state index contributed by atoms with van der Waals surface area (Å²) in [6.07, 6.45) is 0. The van der Waals surface area contributed by atoms with Crippen molar-refractivity contribution in [2.45, 2.75) is 0 Å². The molecule has 0 fully saturated rings. The molecule has 0 aliphatic heterocycles. The third-order valence-electron chi connectivity index (χ3n) is 8.84. The second kappa shape index (κ2) is 11.2. The Balaban J connectivity index is 1.21.